The van der Waals surface area contributed by atoms with Crippen LogP contribution >= 0.6 is 0 Å². The number of nitrogens with zero attached hydrogens (tertiary/aromatic N) is 3. The van der Waals surface area contributed by atoms with Crippen molar-refractivity contribution in [2.45, 2.75) is 13.0 Å². The van der Waals surface area contributed by atoms with Crippen LogP contribution in [0.4, 0.5) is 14.5 Å². The van der Waals surface area contributed by atoms with Gasteiger partial charge in [-0.3, -0.25) is 9.59 Å². The van der Waals surface area contributed by atoms with Crippen LogP contribution in [0.25, 0.3) is 0 Å². The molecule has 1 amide bonds. The van der Waals surface area contributed by atoms with Gasteiger partial charge in [-0.15, -0.1) is 0 Å². The number of ketones is 1. The third kappa shape index (κ3) is 2.31. The molecule has 2 heterocycles. The van der Waals surface area contributed by atoms with Crippen molar-refractivity contribution in [2.24, 2.45) is 0 Å². The Labute approximate surface area is 118 Å². The van der Waals surface area contributed by atoms with E-state index in [4.69, 9.17) is 0 Å². The third-order valence-corrected chi connectivity index (χ3v) is 3.34. The fraction of sp³-hybridized carbons (Fsp3) is 0.214. The summed E-state index contributed by atoms with van der Waals surface area (Å²) in [5.41, 5.74) is -0.336. The van der Waals surface area contributed by atoms with E-state index in [2.05, 4.69) is 4.98 Å². The van der Waals surface area contributed by atoms with E-state index < -0.39 is 23.3 Å². The van der Waals surface area contributed by atoms with Crippen LogP contribution < -0.4 is 4.90 Å². The van der Waals surface area contributed by atoms with Gasteiger partial charge in [0.05, 0.1) is 17.6 Å². The number of carbonyl (C=O) groups is 2. The molecule has 21 heavy (non-hydrogen) atoms. The van der Waals surface area contributed by atoms with Gasteiger partial charge in [0.25, 0.3) is 11.7 Å². The van der Waals surface area contributed by atoms with E-state index in [-0.39, 0.29) is 17.8 Å². The first-order valence-electron chi connectivity index (χ1n) is 6.39. The second-order valence-electron chi connectivity index (χ2n) is 4.72. The number of hydrogen-bond donors (Lipinski definition) is 0. The highest BCUT2D eigenvalue weighted by atomic mass is 19.1. The van der Waals surface area contributed by atoms with Gasteiger partial charge in [-0.2, -0.15) is 0 Å². The Bertz CT molecular complexity index is 713. The van der Waals surface area contributed by atoms with E-state index in [9.17, 15) is 18.4 Å². The topological polar surface area (TPSA) is 55.2 Å². The number of amides is 1. The molecule has 1 aromatic heterocycles. The second-order valence-corrected chi connectivity index (χ2v) is 4.72. The van der Waals surface area contributed by atoms with E-state index in [0.717, 1.165) is 11.0 Å². The molecule has 0 atom stereocenters. The van der Waals surface area contributed by atoms with E-state index in [0.29, 0.717) is 19.0 Å². The van der Waals surface area contributed by atoms with Gasteiger partial charge < -0.3 is 9.47 Å². The summed E-state index contributed by atoms with van der Waals surface area (Å²) in [6, 6.07) is 1.57. The molecule has 3 rings (SSSR count). The monoisotopic (exact) mass is 291 g/mol. The zero-order valence-corrected chi connectivity index (χ0v) is 10.9. The van der Waals surface area contributed by atoms with Gasteiger partial charge in [-0.05, 0) is 12.5 Å². The molecule has 1 aliphatic rings. The van der Waals surface area contributed by atoms with Crippen molar-refractivity contribution in [3.63, 3.8) is 0 Å². The summed E-state index contributed by atoms with van der Waals surface area (Å²) >= 11 is 0. The Morgan fingerprint density at radius 2 is 1.95 bits per heavy atom. The summed E-state index contributed by atoms with van der Waals surface area (Å²) in [7, 11) is 0. The third-order valence-electron chi connectivity index (χ3n) is 3.34. The van der Waals surface area contributed by atoms with Gasteiger partial charge in [0.2, 0.25) is 0 Å². The highest BCUT2D eigenvalue weighted by Gasteiger charge is 2.38. The molecule has 108 valence electrons. The molecule has 0 saturated heterocycles. The Hall–Kier alpha value is -2.57. The lowest BCUT2D eigenvalue weighted by molar-refractivity contribution is -0.114. The van der Waals surface area contributed by atoms with Gasteiger partial charge in [0.15, 0.2) is 5.82 Å². The highest BCUT2D eigenvalue weighted by Crippen LogP contribution is 2.32. The molecule has 2 aromatic rings. The Balaban J connectivity index is 1.81. The Morgan fingerprint density at radius 3 is 2.67 bits per heavy atom. The average Bonchev–Trinajstić information content (AvgIpc) is 3.02. The molecule has 0 spiro atoms. The first-order chi connectivity index (χ1) is 10.1. The summed E-state index contributed by atoms with van der Waals surface area (Å²) in [6.45, 7) is 0.758. The summed E-state index contributed by atoms with van der Waals surface area (Å²) in [6.07, 6.45) is 5.54. The number of anilines is 1. The number of carbonyl (C=O) groups excluding carboxylic acids is 2. The normalized spacial score (nSPS) is 13.9. The van der Waals surface area contributed by atoms with E-state index in [1.165, 1.54) is 0 Å². The number of halogens is 2. The summed E-state index contributed by atoms with van der Waals surface area (Å²) in [5, 5.41) is 0. The maximum absolute atomic E-state index is 13.8. The number of rotatable bonds is 4. The quantitative estimate of drug-likeness (QED) is 0.807. The highest BCUT2D eigenvalue weighted by molar-refractivity contribution is 6.52. The summed E-state index contributed by atoms with van der Waals surface area (Å²) < 4.78 is 28.8. The SMILES string of the molecule is O=C1C(=O)N(CCCn2ccnc2)c2c(F)cc(F)cc21. The number of aryl methyl sites for hydroxylation is 1. The molecule has 0 bridgehead atoms. The van der Waals surface area contributed by atoms with Crippen LogP contribution in [-0.4, -0.2) is 27.8 Å². The van der Waals surface area contributed by atoms with Crippen molar-refractivity contribution in [2.75, 3.05) is 11.4 Å². The lowest BCUT2D eigenvalue weighted by Gasteiger charge is -2.17. The maximum Gasteiger partial charge on any atom is 0.299 e. The van der Waals surface area contributed by atoms with Crippen LogP contribution in [0.1, 0.15) is 16.8 Å². The minimum absolute atomic E-state index is 0.128. The molecular weight excluding hydrogens is 280 g/mol. The average molecular weight is 291 g/mol. The van der Waals surface area contributed by atoms with Crippen molar-refractivity contribution in [1.29, 1.82) is 0 Å². The molecule has 0 N–H and O–H groups in total. The minimum Gasteiger partial charge on any atom is -0.337 e. The standard InChI is InChI=1S/C14H11F2N3O2/c15-9-6-10-12(11(16)7-9)19(14(21)13(10)20)4-1-3-18-5-2-17-8-18/h2,5-8H,1,3-4H2. The van der Waals surface area contributed by atoms with Crippen molar-refractivity contribution in [3.8, 4) is 0 Å². The van der Waals surface area contributed by atoms with E-state index in [1.807, 2.05) is 4.57 Å². The van der Waals surface area contributed by atoms with Gasteiger partial charge in [0.1, 0.15) is 5.82 Å². The van der Waals surface area contributed by atoms with Gasteiger partial charge in [0, 0.05) is 31.5 Å². The molecule has 0 aliphatic carbocycles. The fourth-order valence-corrected chi connectivity index (χ4v) is 2.40. The fourth-order valence-electron chi connectivity index (χ4n) is 2.40. The molecule has 1 aliphatic heterocycles. The predicted molar refractivity (Wildman–Crippen MR) is 69.9 cm³/mol. The maximum atomic E-state index is 13.8. The van der Waals surface area contributed by atoms with Gasteiger partial charge in [-0.1, -0.05) is 0 Å². The van der Waals surface area contributed by atoms with Crippen LogP contribution in [0.5, 0.6) is 0 Å². The number of benzene rings is 1. The van der Waals surface area contributed by atoms with Gasteiger partial charge in [-0.25, -0.2) is 13.8 Å². The molecule has 0 radical (unpaired) electrons. The van der Waals surface area contributed by atoms with Crippen molar-refractivity contribution in [3.05, 3.63) is 48.1 Å². The number of Topliss-reactive ketones (excluding diaryl/α,β-unsaturated/α-hetero) is 1. The van der Waals surface area contributed by atoms with E-state index >= 15 is 0 Å². The lowest BCUT2D eigenvalue weighted by atomic mass is 10.1. The summed E-state index contributed by atoms with van der Waals surface area (Å²) in [4.78, 5) is 28.6. The van der Waals surface area contributed by atoms with Crippen LogP contribution in [0.15, 0.2) is 30.9 Å². The predicted octanol–water partition coefficient (Wildman–Crippen LogP) is 1.78. The molecule has 0 fully saturated rings. The molecule has 0 unspecified atom stereocenters. The van der Waals surface area contributed by atoms with E-state index in [1.54, 1.807) is 18.7 Å². The smallest absolute Gasteiger partial charge is 0.299 e. The first-order valence-corrected chi connectivity index (χ1v) is 6.39. The molecule has 0 saturated carbocycles. The number of hydrogen-bond acceptors (Lipinski definition) is 3. The Morgan fingerprint density at radius 1 is 1.14 bits per heavy atom. The molecule has 5 nitrogen and oxygen atoms in total. The van der Waals surface area contributed by atoms with Gasteiger partial charge >= 0.3 is 0 Å². The number of imidazole rings is 1. The van der Waals surface area contributed by atoms with Crippen LogP contribution in [0.3, 0.4) is 0 Å². The number of aromatic nitrogens is 2. The zero-order chi connectivity index (χ0) is 15.0. The largest absolute Gasteiger partial charge is 0.337 e. The molecule has 1 aromatic carbocycles. The Kier molecular flexibility index (Phi) is 3.25. The van der Waals surface area contributed by atoms with Crippen molar-refractivity contribution >= 4 is 17.4 Å². The molecule has 7 heteroatoms. The minimum atomic E-state index is -0.896. The number of fused-ring (bicyclic) bond motifs is 1. The lowest BCUT2D eigenvalue weighted by Crippen LogP contribution is -2.31. The summed E-state index contributed by atoms with van der Waals surface area (Å²) in [5.74, 6) is -3.45. The van der Waals surface area contributed by atoms with Crippen LogP contribution in [0, 0.1) is 11.6 Å². The first kappa shape index (κ1) is 13.4. The second kappa shape index (κ2) is 5.08. The van der Waals surface area contributed by atoms with Crippen LogP contribution in [-0.2, 0) is 11.3 Å². The van der Waals surface area contributed by atoms with Crippen LogP contribution in [0.2, 0.25) is 0 Å². The van der Waals surface area contributed by atoms with Crippen molar-refractivity contribution < 1.29 is 18.4 Å². The molecular formula is C14H11F2N3O2. The van der Waals surface area contributed by atoms with Crippen molar-refractivity contribution in [1.82, 2.24) is 9.55 Å². The zero-order valence-electron chi connectivity index (χ0n) is 10.9.